The van der Waals surface area contributed by atoms with Crippen LogP contribution in [-0.2, 0) is 9.59 Å². The first kappa shape index (κ1) is 55.8. The van der Waals surface area contributed by atoms with E-state index < -0.39 is 22.4 Å². The van der Waals surface area contributed by atoms with Crippen LogP contribution in [0.15, 0.2) is 0 Å². The van der Waals surface area contributed by atoms with Crippen LogP contribution in [-0.4, -0.2) is 43.6 Å². The molecule has 2 atom stereocenters. The maximum atomic E-state index is 10.4. The summed E-state index contributed by atoms with van der Waals surface area (Å²) in [7, 11) is 0. The molecular formula is C44H88O4S2Sn. The molecule has 0 saturated carbocycles. The average molecular weight is 864 g/mol. The quantitative estimate of drug-likeness (QED) is 0.0368. The Morgan fingerprint density at radius 2 is 0.569 bits per heavy atom. The summed E-state index contributed by atoms with van der Waals surface area (Å²) in [6, 6.07) is 0. The van der Waals surface area contributed by atoms with Crippen LogP contribution in [0.1, 0.15) is 246 Å². The number of carbonyl (C=O) groups is 2. The van der Waals surface area contributed by atoms with Gasteiger partial charge in [-0.25, -0.2) is 0 Å². The molecule has 0 spiro atoms. The molecule has 0 heterocycles. The molecule has 0 saturated heterocycles. The molecule has 7 heteroatoms. The molecule has 0 aromatic rings. The second kappa shape index (κ2) is 50.4. The van der Waals surface area contributed by atoms with E-state index in [1.54, 1.807) is 21.7 Å². The first-order valence-corrected chi connectivity index (χ1v) is 27.3. The predicted octanol–water partition coefficient (Wildman–Crippen LogP) is 12.9. The van der Waals surface area contributed by atoms with Gasteiger partial charge in [-0.05, 0) is 12.8 Å². The van der Waals surface area contributed by atoms with Gasteiger partial charge in [0, 0.05) is 10.5 Å². The molecule has 304 valence electrons. The molecule has 0 amide bonds. The molecular weight excluding hydrogens is 775 g/mol. The zero-order valence-electron chi connectivity index (χ0n) is 34.6. The van der Waals surface area contributed by atoms with E-state index in [4.69, 9.17) is 0 Å². The Kier molecular flexibility index (Phi) is 55.2. The monoisotopic (exact) mass is 865 g/mol. The van der Waals surface area contributed by atoms with E-state index in [2.05, 4.69) is 53.0 Å². The molecule has 0 aromatic heterocycles. The van der Waals surface area contributed by atoms with Crippen molar-refractivity contribution in [2.75, 3.05) is 0 Å². The maximum absolute atomic E-state index is 10.4. The summed E-state index contributed by atoms with van der Waals surface area (Å²) < 4.78 is 3.31. The summed E-state index contributed by atoms with van der Waals surface area (Å²) >= 11 is 7.98. The van der Waals surface area contributed by atoms with Crippen LogP contribution >= 0.6 is 25.3 Å². The van der Waals surface area contributed by atoms with Gasteiger partial charge in [0.15, 0.2) is 0 Å². The number of rotatable bonds is 38. The number of carboxylic acid groups (broad SMARTS) is 2. The van der Waals surface area contributed by atoms with E-state index in [0.717, 1.165) is 25.7 Å². The van der Waals surface area contributed by atoms with Gasteiger partial charge in [-0.3, -0.25) is 0 Å². The van der Waals surface area contributed by atoms with E-state index in [-0.39, 0.29) is 21.1 Å². The van der Waals surface area contributed by atoms with Gasteiger partial charge in [0.25, 0.3) is 0 Å². The normalized spacial score (nSPS) is 11.9. The minimum atomic E-state index is -1.04. The Morgan fingerprint density at radius 3 is 0.784 bits per heavy atom. The zero-order valence-corrected chi connectivity index (χ0v) is 39.3. The van der Waals surface area contributed by atoms with Gasteiger partial charge in [-0.2, -0.15) is 25.3 Å². The first-order valence-electron chi connectivity index (χ1n) is 22.3. The van der Waals surface area contributed by atoms with E-state index in [0.29, 0.717) is 12.8 Å². The van der Waals surface area contributed by atoms with Crippen molar-refractivity contribution >= 4 is 58.3 Å². The van der Waals surface area contributed by atoms with Crippen LogP contribution in [0.25, 0.3) is 0 Å². The van der Waals surface area contributed by atoms with Crippen LogP contribution in [0.2, 0.25) is 8.87 Å². The molecule has 0 bridgehead atoms. The fourth-order valence-corrected chi connectivity index (χ4v) is 10.0. The van der Waals surface area contributed by atoms with Crippen molar-refractivity contribution in [1.29, 1.82) is 0 Å². The standard InChI is InChI=1S/2C14H28O2S.2C8H17.Sn/c2*1-2-3-4-5-6-7-8-9-10-11-12-13(17)14(15)16;2*1-3-5-7-8-6-4-2;/h2*13,17H,2-12H2,1H3,(H,15,16);2*1,3-8H2,2H3;/q;;;;+2/p-2. The van der Waals surface area contributed by atoms with Crippen molar-refractivity contribution in [1.82, 2.24) is 0 Å². The van der Waals surface area contributed by atoms with Crippen LogP contribution < -0.4 is 10.2 Å². The number of hydrogen-bond acceptors (Lipinski definition) is 6. The summed E-state index contributed by atoms with van der Waals surface area (Å²) in [6.07, 6.45) is 44.5. The van der Waals surface area contributed by atoms with Gasteiger partial charge < -0.3 is 19.8 Å². The molecule has 0 fully saturated rings. The van der Waals surface area contributed by atoms with Gasteiger partial charge in [-0.15, -0.1) is 0 Å². The molecule has 0 aromatic carbocycles. The number of carbonyl (C=O) groups excluding carboxylic acids is 2. The third kappa shape index (κ3) is 54.9. The Bertz CT molecular complexity index is 613. The average Bonchev–Trinajstić information content (AvgIpc) is 3.12. The summed E-state index contributed by atoms with van der Waals surface area (Å²) in [5, 5.41) is 19.6. The van der Waals surface area contributed by atoms with E-state index in [9.17, 15) is 19.8 Å². The van der Waals surface area contributed by atoms with Gasteiger partial charge >= 0.3 is 121 Å². The second-order valence-corrected chi connectivity index (χ2v) is 20.4. The van der Waals surface area contributed by atoms with Crippen LogP contribution in [0.4, 0.5) is 0 Å². The predicted molar refractivity (Wildman–Crippen MR) is 231 cm³/mol. The number of unbranched alkanes of at least 4 members (excludes halogenated alkanes) is 28. The summed E-state index contributed by atoms with van der Waals surface area (Å²) in [4.78, 5) is 20.8. The number of hydrogen-bond donors (Lipinski definition) is 2. The van der Waals surface area contributed by atoms with E-state index >= 15 is 0 Å². The molecule has 0 aliphatic heterocycles. The van der Waals surface area contributed by atoms with Crippen LogP contribution in [0.5, 0.6) is 0 Å². The zero-order chi connectivity index (χ0) is 38.5. The van der Waals surface area contributed by atoms with E-state index in [1.165, 1.54) is 167 Å². The second-order valence-electron chi connectivity index (χ2n) is 14.9. The SMILES string of the molecule is CCCCCCCCCCCCC(S)C(=O)[O-].CCCCCCCCCCCCC(S)C(=O)[O-].CCCCCCC[CH2][Sn+2][CH2]CCCCCCC. The van der Waals surface area contributed by atoms with Crippen molar-refractivity contribution in [3.63, 3.8) is 0 Å². The Morgan fingerprint density at radius 1 is 0.373 bits per heavy atom. The molecule has 2 unspecified atom stereocenters. The summed E-state index contributed by atoms with van der Waals surface area (Å²) in [5.41, 5.74) is 0. The van der Waals surface area contributed by atoms with Gasteiger partial charge in [-0.1, -0.05) is 142 Å². The van der Waals surface area contributed by atoms with Crippen molar-refractivity contribution in [2.45, 2.75) is 265 Å². The Hall–Kier alpha value is 0.439. The fourth-order valence-electron chi connectivity index (χ4n) is 6.07. The Balaban J connectivity index is -0.000000678. The van der Waals surface area contributed by atoms with E-state index in [1.807, 2.05) is 0 Å². The minimum absolute atomic E-state index is 0.0736. The van der Waals surface area contributed by atoms with Gasteiger partial charge in [0.05, 0.1) is 11.9 Å². The molecule has 0 N–H and O–H groups in total. The first-order chi connectivity index (χ1) is 24.8. The Labute approximate surface area is 341 Å². The van der Waals surface area contributed by atoms with Crippen molar-refractivity contribution in [3.8, 4) is 0 Å². The molecule has 0 radical (unpaired) electrons. The van der Waals surface area contributed by atoms with Gasteiger partial charge in [0.2, 0.25) is 0 Å². The molecule has 0 aliphatic rings. The van der Waals surface area contributed by atoms with Gasteiger partial charge in [0.1, 0.15) is 0 Å². The fraction of sp³-hybridized carbons (Fsp3) is 0.955. The number of aliphatic carboxylic acids is 2. The molecule has 0 aliphatic carbocycles. The third-order valence-corrected chi connectivity index (χ3v) is 14.6. The van der Waals surface area contributed by atoms with Crippen LogP contribution in [0.3, 0.4) is 0 Å². The number of thiol groups is 2. The van der Waals surface area contributed by atoms with Crippen LogP contribution in [0, 0.1) is 0 Å². The number of carboxylic acids is 2. The third-order valence-electron chi connectivity index (χ3n) is 9.62. The topological polar surface area (TPSA) is 80.3 Å². The molecule has 4 nitrogen and oxygen atoms in total. The van der Waals surface area contributed by atoms with Crippen molar-refractivity contribution < 1.29 is 19.8 Å². The summed E-state index contributed by atoms with van der Waals surface area (Å²) in [6.45, 7) is 9.08. The summed E-state index contributed by atoms with van der Waals surface area (Å²) in [5.74, 6) is -2.08. The molecule has 0 rings (SSSR count). The molecule has 51 heavy (non-hydrogen) atoms. The van der Waals surface area contributed by atoms with Crippen molar-refractivity contribution in [3.05, 3.63) is 0 Å². The van der Waals surface area contributed by atoms with Crippen molar-refractivity contribution in [2.24, 2.45) is 0 Å².